The van der Waals surface area contributed by atoms with Gasteiger partial charge in [-0.1, -0.05) is 12.1 Å². The first-order valence-corrected chi connectivity index (χ1v) is 17.7. The SMILES string of the molecule is CC(=O)C[C@@H](CO)C(N)=O.COCCOCC(=O)NCCOCCOCC(=O)CCCOCCOCC(=O)N[C@@H](Cc1ccc(O)cc1)C(=O)NC(C)C. The predicted octanol–water partition coefficient (Wildman–Crippen LogP) is -0.802. The Morgan fingerprint density at radius 2 is 1.33 bits per heavy atom. The van der Waals surface area contributed by atoms with Crippen molar-refractivity contribution in [1.82, 2.24) is 16.0 Å². The number of nitrogens with two attached hydrogens (primary N) is 1. The molecule has 0 aromatic heterocycles. The lowest BCUT2D eigenvalue weighted by atomic mass is 10.0. The standard InChI is InChI=1S/C30H49N3O11.C6H11NO3/c1-23(2)32-30(38)27(19-24-6-8-25(34)9-7-24)33-29(37)22-44-18-15-40-11-4-5-26(35)20-42-17-16-41-12-10-31-28(36)21-43-14-13-39-3;1-4(9)2-5(3-8)6(7)10/h6-9,23,27,34H,4-5,10-22H2,1-3H3,(H,31,36)(H,32,38)(H,33,37);5,8H,2-3H2,1H3,(H2,7,10)/t27-;5-/m00/s1. The maximum Gasteiger partial charge on any atom is 0.246 e. The summed E-state index contributed by atoms with van der Waals surface area (Å²) in [5.74, 6) is -2.38. The summed E-state index contributed by atoms with van der Waals surface area (Å²) in [6.45, 7) is 7.21. The maximum absolute atomic E-state index is 12.6. The Kier molecular flexibility index (Phi) is 30.0. The number of carbonyl (C=O) groups excluding carboxylic acids is 6. The summed E-state index contributed by atoms with van der Waals surface area (Å²) in [5.41, 5.74) is 5.63. The number of hydrogen-bond donors (Lipinski definition) is 6. The summed E-state index contributed by atoms with van der Waals surface area (Å²) in [4.78, 5) is 69.1. The van der Waals surface area contributed by atoms with Crippen LogP contribution in [0.2, 0.25) is 0 Å². The fraction of sp³-hybridized carbons (Fsp3) is 0.667. The normalized spacial score (nSPS) is 11.9. The number of benzene rings is 1. The minimum Gasteiger partial charge on any atom is -0.508 e. The highest BCUT2D eigenvalue weighted by Crippen LogP contribution is 2.11. The molecule has 0 spiro atoms. The van der Waals surface area contributed by atoms with Gasteiger partial charge in [0.15, 0.2) is 5.78 Å². The van der Waals surface area contributed by atoms with E-state index >= 15 is 0 Å². The van der Waals surface area contributed by atoms with E-state index in [-0.39, 0.29) is 94.3 Å². The Labute approximate surface area is 317 Å². The zero-order chi connectivity index (χ0) is 40.6. The minimum absolute atomic E-state index is 0.0138. The number of phenols is 1. The van der Waals surface area contributed by atoms with E-state index in [1.54, 1.807) is 19.2 Å². The van der Waals surface area contributed by atoms with E-state index < -0.39 is 23.8 Å². The van der Waals surface area contributed by atoms with Crippen molar-refractivity contribution < 1.29 is 67.4 Å². The van der Waals surface area contributed by atoms with E-state index in [1.165, 1.54) is 19.1 Å². The summed E-state index contributed by atoms with van der Waals surface area (Å²) in [6.07, 6.45) is 1.13. The molecule has 0 bridgehead atoms. The van der Waals surface area contributed by atoms with Gasteiger partial charge >= 0.3 is 0 Å². The smallest absolute Gasteiger partial charge is 0.246 e. The van der Waals surface area contributed by atoms with Gasteiger partial charge in [-0.15, -0.1) is 0 Å². The quantitative estimate of drug-likeness (QED) is 0.0505. The lowest BCUT2D eigenvalue weighted by Crippen LogP contribution is -2.50. The molecule has 0 radical (unpaired) electrons. The van der Waals surface area contributed by atoms with Gasteiger partial charge in [0.2, 0.25) is 23.6 Å². The molecular weight excluding hydrogens is 712 g/mol. The number of primary amides is 1. The third kappa shape index (κ3) is 29.4. The molecule has 1 rings (SSSR count). The topological polar surface area (TPSA) is 260 Å². The lowest BCUT2D eigenvalue weighted by Gasteiger charge is -2.20. The molecule has 0 fully saturated rings. The summed E-state index contributed by atoms with van der Waals surface area (Å²) < 4.78 is 31.4. The van der Waals surface area contributed by atoms with E-state index in [1.807, 2.05) is 13.8 Å². The first-order chi connectivity index (χ1) is 25.8. The van der Waals surface area contributed by atoms with E-state index in [0.717, 1.165) is 5.56 Å². The largest absolute Gasteiger partial charge is 0.508 e. The molecule has 1 aromatic carbocycles. The first-order valence-electron chi connectivity index (χ1n) is 17.7. The molecule has 0 unspecified atom stereocenters. The van der Waals surface area contributed by atoms with Crippen molar-refractivity contribution in [2.45, 2.75) is 58.5 Å². The van der Waals surface area contributed by atoms with Gasteiger partial charge in [-0.25, -0.2) is 0 Å². The van der Waals surface area contributed by atoms with Gasteiger partial charge in [0.25, 0.3) is 0 Å². The van der Waals surface area contributed by atoms with E-state index in [9.17, 15) is 33.9 Å². The molecule has 0 aliphatic heterocycles. The van der Waals surface area contributed by atoms with Crippen molar-refractivity contribution in [3.63, 3.8) is 0 Å². The summed E-state index contributed by atoms with van der Waals surface area (Å²) in [6, 6.07) is 5.56. The summed E-state index contributed by atoms with van der Waals surface area (Å²) in [7, 11) is 1.56. The first kappa shape index (κ1) is 50.0. The second-order valence-electron chi connectivity index (χ2n) is 12.2. The molecule has 0 saturated carbocycles. The van der Waals surface area contributed by atoms with Crippen LogP contribution in [0.25, 0.3) is 0 Å². The average Bonchev–Trinajstić information content (AvgIpc) is 3.11. The molecule has 1 aromatic rings. The molecule has 7 N–H and O–H groups in total. The fourth-order valence-electron chi connectivity index (χ4n) is 4.16. The Balaban J connectivity index is 0.00000244. The minimum atomic E-state index is -0.792. The van der Waals surface area contributed by atoms with Crippen molar-refractivity contribution in [3.8, 4) is 5.75 Å². The molecule has 0 saturated heterocycles. The highest BCUT2D eigenvalue weighted by Gasteiger charge is 2.22. The van der Waals surface area contributed by atoms with Gasteiger partial charge in [0.1, 0.15) is 37.4 Å². The fourth-order valence-corrected chi connectivity index (χ4v) is 4.16. The van der Waals surface area contributed by atoms with Crippen LogP contribution in [0.15, 0.2) is 24.3 Å². The van der Waals surface area contributed by atoms with E-state index in [2.05, 4.69) is 16.0 Å². The zero-order valence-electron chi connectivity index (χ0n) is 31.9. The number of methoxy groups -OCH3 is 1. The Morgan fingerprint density at radius 1 is 0.759 bits per heavy atom. The number of carbonyl (C=O) groups is 6. The molecule has 18 heteroatoms. The number of ketones is 2. The Morgan fingerprint density at radius 3 is 1.89 bits per heavy atom. The van der Waals surface area contributed by atoms with Crippen LogP contribution in [0.1, 0.15) is 45.6 Å². The highest BCUT2D eigenvalue weighted by molar-refractivity contribution is 5.88. The number of rotatable bonds is 31. The number of aromatic hydroxyl groups is 1. The molecule has 2 atom stereocenters. The van der Waals surface area contributed by atoms with Crippen LogP contribution < -0.4 is 21.7 Å². The van der Waals surface area contributed by atoms with Crippen molar-refractivity contribution in [1.29, 1.82) is 0 Å². The monoisotopic (exact) mass is 772 g/mol. The van der Waals surface area contributed by atoms with E-state index in [4.69, 9.17) is 39.3 Å². The molecule has 18 nitrogen and oxygen atoms in total. The molecular formula is C36H60N4O14. The number of amides is 4. The van der Waals surface area contributed by atoms with Gasteiger partial charge in [-0.05, 0) is 44.9 Å². The molecule has 0 aliphatic rings. The van der Waals surface area contributed by atoms with Crippen LogP contribution in [-0.4, -0.2) is 150 Å². The summed E-state index contributed by atoms with van der Waals surface area (Å²) >= 11 is 0. The lowest BCUT2D eigenvalue weighted by molar-refractivity contribution is -0.132. The van der Waals surface area contributed by atoms with Gasteiger partial charge in [0.05, 0.1) is 58.8 Å². The number of Topliss-reactive ketones (excluding diaryl/α,β-unsaturated/α-hetero) is 2. The molecule has 0 heterocycles. The highest BCUT2D eigenvalue weighted by atomic mass is 16.5. The number of aliphatic hydroxyl groups excluding tert-OH is 1. The van der Waals surface area contributed by atoms with E-state index in [0.29, 0.717) is 52.4 Å². The molecule has 0 aliphatic carbocycles. The summed E-state index contributed by atoms with van der Waals surface area (Å²) in [5, 5.41) is 26.1. The van der Waals surface area contributed by atoms with Crippen LogP contribution in [0.5, 0.6) is 5.75 Å². The van der Waals surface area contributed by atoms with Crippen molar-refractivity contribution in [2.24, 2.45) is 11.7 Å². The second-order valence-corrected chi connectivity index (χ2v) is 12.2. The Bertz CT molecular complexity index is 1220. The number of nitrogens with one attached hydrogen (secondary N) is 3. The molecule has 4 amide bonds. The Hall–Kier alpha value is -4.04. The number of phenolic OH excluding ortho intramolecular Hbond substituents is 1. The van der Waals surface area contributed by atoms with Crippen molar-refractivity contribution in [3.05, 3.63) is 29.8 Å². The second kappa shape index (κ2) is 32.4. The van der Waals surface area contributed by atoms with Crippen LogP contribution in [0.4, 0.5) is 0 Å². The van der Waals surface area contributed by atoms with Crippen molar-refractivity contribution >= 4 is 35.2 Å². The predicted molar refractivity (Wildman–Crippen MR) is 195 cm³/mol. The third-order valence-electron chi connectivity index (χ3n) is 6.83. The molecule has 308 valence electrons. The number of hydrogen-bond acceptors (Lipinski definition) is 14. The number of ether oxygens (including phenoxy) is 6. The maximum atomic E-state index is 12.6. The van der Waals surface area contributed by atoms with Crippen LogP contribution in [0, 0.1) is 5.92 Å². The molecule has 54 heavy (non-hydrogen) atoms. The van der Waals surface area contributed by atoms with Gasteiger partial charge in [-0.2, -0.15) is 0 Å². The average molecular weight is 773 g/mol. The van der Waals surface area contributed by atoms with Crippen molar-refractivity contribution in [2.75, 3.05) is 92.9 Å². The van der Waals surface area contributed by atoms with Gasteiger partial charge in [-0.3, -0.25) is 24.0 Å². The van der Waals surface area contributed by atoms with Crippen LogP contribution in [-0.2, 0) is 63.6 Å². The zero-order valence-corrected chi connectivity index (χ0v) is 31.9. The van der Waals surface area contributed by atoms with Gasteiger partial charge < -0.3 is 65.1 Å². The van der Waals surface area contributed by atoms with Gasteiger partial charge in [0, 0.05) is 45.6 Å². The number of aliphatic hydroxyl groups is 1. The van der Waals surface area contributed by atoms with Crippen LogP contribution in [0.3, 0.4) is 0 Å². The van der Waals surface area contributed by atoms with Crippen LogP contribution >= 0.6 is 0 Å². The third-order valence-corrected chi connectivity index (χ3v) is 6.83.